The van der Waals surface area contributed by atoms with E-state index < -0.39 is 29.6 Å². The Morgan fingerprint density at radius 2 is 1.94 bits per heavy atom. The van der Waals surface area contributed by atoms with Crippen molar-refractivity contribution < 1.29 is 23.1 Å². The zero-order valence-electron chi connectivity index (χ0n) is 18.7. The molecule has 6 nitrogen and oxygen atoms in total. The summed E-state index contributed by atoms with van der Waals surface area (Å²) in [6.45, 7) is 0. The lowest BCUT2D eigenvalue weighted by atomic mass is 9.65. The summed E-state index contributed by atoms with van der Waals surface area (Å²) in [6.07, 6.45) is 6.18. The normalized spacial score (nSPS) is 25.7. The van der Waals surface area contributed by atoms with Crippen LogP contribution in [0.3, 0.4) is 0 Å². The second-order valence-electron chi connectivity index (χ2n) is 9.22. The molecule has 3 aromatic rings. The van der Waals surface area contributed by atoms with Crippen LogP contribution in [0.5, 0.6) is 0 Å². The Morgan fingerprint density at radius 3 is 2.54 bits per heavy atom. The van der Waals surface area contributed by atoms with E-state index in [-0.39, 0.29) is 23.0 Å². The number of carbonyl (C=O) groups is 1. The smallest absolute Gasteiger partial charge is 0.306 e. The van der Waals surface area contributed by atoms with Crippen LogP contribution in [0.15, 0.2) is 46.7 Å². The molecular formula is C25H25F3N4O2S. The van der Waals surface area contributed by atoms with Gasteiger partial charge < -0.3 is 21.1 Å². The maximum Gasteiger partial charge on any atom is 0.306 e. The molecule has 0 radical (unpaired) electrons. The number of fused-ring (bicyclic) bond motifs is 4. The molecule has 5 N–H and O–H groups in total. The molecule has 1 aliphatic heterocycles. The van der Waals surface area contributed by atoms with Crippen molar-refractivity contribution >= 4 is 39.7 Å². The van der Waals surface area contributed by atoms with E-state index in [1.54, 1.807) is 12.1 Å². The zero-order valence-corrected chi connectivity index (χ0v) is 19.5. The number of nitrogens with zero attached hydrogens (tertiary/aromatic N) is 1. The predicted molar refractivity (Wildman–Crippen MR) is 129 cm³/mol. The van der Waals surface area contributed by atoms with Gasteiger partial charge in [-0.1, -0.05) is 18.9 Å². The highest BCUT2D eigenvalue weighted by Gasteiger charge is 2.39. The summed E-state index contributed by atoms with van der Waals surface area (Å²) in [5, 5.41) is 13.9. The number of nitrogens with one attached hydrogen (secondary N) is 2. The van der Waals surface area contributed by atoms with Gasteiger partial charge in [0.05, 0.1) is 22.0 Å². The van der Waals surface area contributed by atoms with Gasteiger partial charge in [0.1, 0.15) is 17.5 Å². The predicted octanol–water partition coefficient (Wildman–Crippen LogP) is 5.38. The maximum absolute atomic E-state index is 14.3. The Labute approximate surface area is 203 Å². The maximum atomic E-state index is 14.3. The van der Waals surface area contributed by atoms with Crippen molar-refractivity contribution in [3.63, 3.8) is 0 Å². The number of carboxylic acid groups (broad SMARTS) is 1. The van der Waals surface area contributed by atoms with Gasteiger partial charge in [-0.15, -0.1) is 11.3 Å². The first-order chi connectivity index (χ1) is 16.8. The molecule has 3 fully saturated rings. The number of rotatable bonds is 3. The molecule has 10 heteroatoms. The molecule has 3 aliphatic carbocycles. The highest BCUT2D eigenvalue weighted by Crippen LogP contribution is 2.44. The number of aromatic amines is 1. The lowest BCUT2D eigenvalue weighted by Crippen LogP contribution is -2.35. The molecule has 2 aromatic heterocycles. The average Bonchev–Trinajstić information content (AvgIpc) is 3.52. The van der Waals surface area contributed by atoms with Gasteiger partial charge in [-0.3, -0.25) is 4.79 Å². The van der Waals surface area contributed by atoms with Crippen LogP contribution in [-0.4, -0.2) is 28.1 Å². The summed E-state index contributed by atoms with van der Waals surface area (Å²) in [5.41, 5.74) is 6.54. The lowest BCUT2D eigenvalue weighted by Gasteiger charge is -2.40. The molecule has 1 aromatic carbocycles. The van der Waals surface area contributed by atoms with E-state index in [4.69, 9.17) is 10.8 Å². The van der Waals surface area contributed by atoms with Gasteiger partial charge in [0.15, 0.2) is 12.0 Å². The fraction of sp³-hybridized carbons (Fsp3) is 0.360. The van der Waals surface area contributed by atoms with E-state index in [0.717, 1.165) is 18.4 Å². The van der Waals surface area contributed by atoms with Crippen LogP contribution in [0, 0.1) is 29.4 Å². The molecule has 35 heavy (non-hydrogen) atoms. The van der Waals surface area contributed by atoms with E-state index in [1.807, 2.05) is 5.38 Å². The summed E-state index contributed by atoms with van der Waals surface area (Å²) >= 11 is 1.34. The zero-order chi connectivity index (χ0) is 24.7. The highest BCUT2D eigenvalue weighted by atomic mass is 32.1. The fourth-order valence-corrected chi connectivity index (χ4v) is 6.05. The Balaban J connectivity index is 0.000000192. The van der Waals surface area contributed by atoms with Crippen LogP contribution in [-0.2, 0) is 4.79 Å². The Hall–Kier alpha value is -3.11. The minimum Gasteiger partial charge on any atom is -0.481 e. The van der Waals surface area contributed by atoms with Crippen LogP contribution >= 0.6 is 11.3 Å². The van der Waals surface area contributed by atoms with Crippen LogP contribution < -0.4 is 11.1 Å². The number of benzene rings is 1. The van der Waals surface area contributed by atoms with Crippen molar-refractivity contribution in [2.75, 3.05) is 0 Å². The van der Waals surface area contributed by atoms with E-state index in [9.17, 15) is 18.0 Å². The van der Waals surface area contributed by atoms with E-state index >= 15 is 0 Å². The van der Waals surface area contributed by atoms with Gasteiger partial charge >= 0.3 is 5.97 Å². The number of carboxylic acids is 1. The van der Waals surface area contributed by atoms with Crippen molar-refractivity contribution in [3.8, 4) is 0 Å². The van der Waals surface area contributed by atoms with Crippen molar-refractivity contribution in [2.45, 2.75) is 38.3 Å². The molecule has 0 saturated heterocycles. The SMILES string of the molecule is NC1N=C(c2c[nH]c3c(F)cc(F)cc23)NC(c2cccs2)=C1F.O=C(O)C1CC2CCC1CC2. The molecule has 2 atom stereocenters. The Bertz CT molecular complexity index is 1310. The number of H-pyrrole nitrogens is 1. The van der Waals surface area contributed by atoms with Crippen molar-refractivity contribution in [1.82, 2.24) is 10.3 Å². The molecular weight excluding hydrogens is 477 g/mol. The summed E-state index contributed by atoms with van der Waals surface area (Å²) in [7, 11) is 0. The van der Waals surface area contributed by atoms with Crippen LogP contribution in [0.4, 0.5) is 13.2 Å². The second kappa shape index (κ2) is 9.50. The molecule has 0 spiro atoms. The number of aliphatic carboxylic acids is 1. The first-order valence-electron chi connectivity index (χ1n) is 11.5. The number of thiophene rings is 1. The minimum absolute atomic E-state index is 0.00231. The van der Waals surface area contributed by atoms with Crippen molar-refractivity contribution in [3.05, 3.63) is 63.7 Å². The summed E-state index contributed by atoms with van der Waals surface area (Å²) in [4.78, 5) is 18.2. The monoisotopic (exact) mass is 502 g/mol. The number of aliphatic imine (C=N–C) groups is 1. The summed E-state index contributed by atoms with van der Waals surface area (Å²) in [5.74, 6) is -1.05. The number of nitrogens with two attached hydrogens (primary N) is 1. The highest BCUT2D eigenvalue weighted by molar-refractivity contribution is 7.11. The van der Waals surface area contributed by atoms with Crippen molar-refractivity contribution in [2.24, 2.45) is 28.5 Å². The number of amidine groups is 1. The summed E-state index contributed by atoms with van der Waals surface area (Å²) in [6, 6.07) is 5.52. The number of halogens is 3. The number of aromatic nitrogens is 1. The third-order valence-corrected chi connectivity index (χ3v) is 7.99. The molecule has 184 valence electrons. The lowest BCUT2D eigenvalue weighted by molar-refractivity contribution is -0.147. The average molecular weight is 503 g/mol. The molecule has 2 bridgehead atoms. The molecule has 4 aliphatic rings. The second-order valence-corrected chi connectivity index (χ2v) is 10.2. The first kappa shape index (κ1) is 23.6. The minimum atomic E-state index is -1.18. The van der Waals surface area contributed by atoms with E-state index in [1.165, 1.54) is 49.3 Å². The van der Waals surface area contributed by atoms with Gasteiger partial charge in [0.25, 0.3) is 0 Å². The van der Waals surface area contributed by atoms with Gasteiger partial charge in [-0.2, -0.15) is 0 Å². The van der Waals surface area contributed by atoms with Crippen molar-refractivity contribution in [1.29, 1.82) is 0 Å². The standard InChI is InChI=1S/C16H11F3N4S.C9H14O2/c17-7-4-8-9(6-21-13(8)10(18)5-7)16-22-14(11-2-1-3-24-11)12(19)15(20)23-16;10-9(11)8-5-6-1-3-7(8)4-2-6/h1-6,15,21H,20H2,(H,22,23);6-8H,1-5H2,(H,10,11). The summed E-state index contributed by atoms with van der Waals surface area (Å²) < 4.78 is 41.7. The molecule has 7 rings (SSSR count). The van der Waals surface area contributed by atoms with E-state index in [2.05, 4.69) is 15.3 Å². The van der Waals surface area contributed by atoms with Gasteiger partial charge in [0, 0.05) is 23.2 Å². The fourth-order valence-electron chi connectivity index (χ4n) is 5.32. The number of hydrogen-bond donors (Lipinski definition) is 4. The molecule has 3 heterocycles. The first-order valence-corrected chi connectivity index (χ1v) is 12.4. The largest absolute Gasteiger partial charge is 0.481 e. The molecule has 3 saturated carbocycles. The van der Waals surface area contributed by atoms with E-state index in [0.29, 0.717) is 21.7 Å². The van der Waals surface area contributed by atoms with Crippen LogP contribution in [0.2, 0.25) is 0 Å². The molecule has 2 unspecified atom stereocenters. The van der Waals surface area contributed by atoms with Gasteiger partial charge in [0.2, 0.25) is 0 Å². The van der Waals surface area contributed by atoms with Crippen LogP contribution in [0.25, 0.3) is 16.6 Å². The Kier molecular flexibility index (Phi) is 6.41. The quantitative estimate of drug-likeness (QED) is 0.386. The van der Waals surface area contributed by atoms with Crippen LogP contribution in [0.1, 0.15) is 42.5 Å². The Morgan fingerprint density at radius 1 is 1.17 bits per heavy atom. The number of hydrogen-bond acceptors (Lipinski definition) is 5. The van der Waals surface area contributed by atoms with Gasteiger partial charge in [-0.25, -0.2) is 18.2 Å². The molecule has 0 amide bonds. The van der Waals surface area contributed by atoms with Gasteiger partial charge in [-0.05, 0) is 48.6 Å². The topological polar surface area (TPSA) is 103 Å². The third kappa shape index (κ3) is 4.60. The third-order valence-electron chi connectivity index (χ3n) is 7.10.